The van der Waals surface area contributed by atoms with Gasteiger partial charge in [-0.25, -0.2) is 13.1 Å². The van der Waals surface area contributed by atoms with Crippen molar-refractivity contribution in [2.75, 3.05) is 30.0 Å². The number of hydrogen-bond acceptors (Lipinski definition) is 9. The van der Waals surface area contributed by atoms with Gasteiger partial charge in [0.15, 0.2) is 4.34 Å². The molecule has 0 spiro atoms. The molecule has 32 heavy (non-hydrogen) atoms. The number of carbonyl (C=O) groups is 1. The van der Waals surface area contributed by atoms with E-state index in [-0.39, 0.29) is 16.6 Å². The number of rotatable bonds is 10. The summed E-state index contributed by atoms with van der Waals surface area (Å²) in [4.78, 5) is 12.5. The number of thioether (sulfide) groups is 1. The van der Waals surface area contributed by atoms with Crippen molar-refractivity contribution in [2.45, 2.75) is 23.1 Å². The molecule has 12 heteroatoms. The SMILES string of the molecule is CCOc1ccccc1Nc1nnc(SCC(=O)Nc2ccc(C)c(S(=O)(=O)NC)c2)s1. The summed E-state index contributed by atoms with van der Waals surface area (Å²) >= 11 is 2.56. The van der Waals surface area contributed by atoms with Crippen LogP contribution in [0.15, 0.2) is 51.7 Å². The number of aromatic nitrogens is 2. The highest BCUT2D eigenvalue weighted by Gasteiger charge is 2.16. The summed E-state index contributed by atoms with van der Waals surface area (Å²) in [6.45, 7) is 4.16. The Morgan fingerprint density at radius 3 is 2.72 bits per heavy atom. The van der Waals surface area contributed by atoms with Crippen molar-refractivity contribution in [1.29, 1.82) is 0 Å². The number of carbonyl (C=O) groups excluding carboxylic acids is 1. The van der Waals surface area contributed by atoms with Gasteiger partial charge in [0.05, 0.1) is 22.9 Å². The number of hydrogen-bond donors (Lipinski definition) is 3. The van der Waals surface area contributed by atoms with Crippen LogP contribution in [0.5, 0.6) is 5.75 Å². The van der Waals surface area contributed by atoms with Gasteiger partial charge in [0, 0.05) is 5.69 Å². The molecule has 0 aliphatic heterocycles. The lowest BCUT2D eigenvalue weighted by atomic mass is 10.2. The fourth-order valence-electron chi connectivity index (χ4n) is 2.69. The molecule has 0 aliphatic carbocycles. The van der Waals surface area contributed by atoms with Crippen LogP contribution in [0.1, 0.15) is 12.5 Å². The predicted octanol–water partition coefficient (Wildman–Crippen LogP) is 3.63. The molecule has 0 bridgehead atoms. The zero-order valence-electron chi connectivity index (χ0n) is 17.7. The third-order valence-corrected chi connectivity index (χ3v) is 7.72. The maximum atomic E-state index is 12.3. The molecule has 3 aromatic rings. The molecule has 0 saturated carbocycles. The topological polar surface area (TPSA) is 122 Å². The van der Waals surface area contributed by atoms with Crippen molar-refractivity contribution in [3.8, 4) is 5.75 Å². The van der Waals surface area contributed by atoms with E-state index in [2.05, 4.69) is 25.6 Å². The van der Waals surface area contributed by atoms with Crippen LogP contribution in [0.4, 0.5) is 16.5 Å². The molecule has 2 aromatic carbocycles. The number of ether oxygens (including phenoxy) is 1. The number of para-hydroxylation sites is 2. The van der Waals surface area contributed by atoms with Crippen LogP contribution in [0.2, 0.25) is 0 Å². The monoisotopic (exact) mass is 493 g/mol. The average molecular weight is 494 g/mol. The summed E-state index contributed by atoms with van der Waals surface area (Å²) in [7, 11) is -2.27. The van der Waals surface area contributed by atoms with Crippen LogP contribution in [-0.4, -0.2) is 43.9 Å². The van der Waals surface area contributed by atoms with E-state index in [1.807, 2.05) is 31.2 Å². The summed E-state index contributed by atoms with van der Waals surface area (Å²) in [5, 5.41) is 14.7. The van der Waals surface area contributed by atoms with E-state index < -0.39 is 10.0 Å². The molecular formula is C20H23N5O4S3. The van der Waals surface area contributed by atoms with Crippen molar-refractivity contribution >= 4 is 55.5 Å². The lowest BCUT2D eigenvalue weighted by molar-refractivity contribution is -0.113. The van der Waals surface area contributed by atoms with Gasteiger partial charge in [-0.05, 0) is 50.7 Å². The van der Waals surface area contributed by atoms with E-state index >= 15 is 0 Å². The van der Waals surface area contributed by atoms with Gasteiger partial charge in [-0.1, -0.05) is 41.3 Å². The molecule has 0 unspecified atom stereocenters. The maximum Gasteiger partial charge on any atom is 0.240 e. The Morgan fingerprint density at radius 1 is 1.19 bits per heavy atom. The predicted molar refractivity (Wildman–Crippen MR) is 128 cm³/mol. The normalized spacial score (nSPS) is 11.2. The van der Waals surface area contributed by atoms with E-state index in [1.54, 1.807) is 19.1 Å². The molecule has 0 fully saturated rings. The molecule has 0 atom stereocenters. The van der Waals surface area contributed by atoms with Crippen LogP contribution in [-0.2, 0) is 14.8 Å². The summed E-state index contributed by atoms with van der Waals surface area (Å²) < 4.78 is 32.7. The Balaban J connectivity index is 1.59. The van der Waals surface area contributed by atoms with Crippen molar-refractivity contribution < 1.29 is 17.9 Å². The van der Waals surface area contributed by atoms with Gasteiger partial charge in [0.25, 0.3) is 0 Å². The van der Waals surface area contributed by atoms with E-state index in [0.29, 0.717) is 27.3 Å². The van der Waals surface area contributed by atoms with Crippen molar-refractivity contribution in [2.24, 2.45) is 0 Å². The van der Waals surface area contributed by atoms with Crippen molar-refractivity contribution in [1.82, 2.24) is 14.9 Å². The minimum atomic E-state index is -3.61. The minimum Gasteiger partial charge on any atom is -0.492 e. The van der Waals surface area contributed by atoms with Gasteiger partial charge in [0.2, 0.25) is 21.1 Å². The number of nitrogens with zero attached hydrogens (tertiary/aromatic N) is 2. The first kappa shape index (κ1) is 24.0. The third-order valence-electron chi connectivity index (χ3n) is 4.19. The number of aryl methyl sites for hydroxylation is 1. The molecule has 9 nitrogen and oxygen atoms in total. The first-order chi connectivity index (χ1) is 15.3. The molecule has 0 radical (unpaired) electrons. The molecule has 1 amide bonds. The average Bonchev–Trinajstić information content (AvgIpc) is 3.22. The summed E-state index contributed by atoms with van der Waals surface area (Å²) in [5.74, 6) is 0.543. The zero-order valence-corrected chi connectivity index (χ0v) is 20.2. The van der Waals surface area contributed by atoms with Gasteiger partial charge in [0.1, 0.15) is 5.75 Å². The fraction of sp³-hybridized carbons (Fsp3) is 0.250. The van der Waals surface area contributed by atoms with Gasteiger partial charge in [-0.3, -0.25) is 4.79 Å². The Kier molecular flexibility index (Phi) is 8.07. The van der Waals surface area contributed by atoms with E-state index in [9.17, 15) is 13.2 Å². The lowest BCUT2D eigenvalue weighted by Crippen LogP contribution is -2.20. The lowest BCUT2D eigenvalue weighted by Gasteiger charge is -2.10. The number of benzene rings is 2. The molecule has 3 rings (SSSR count). The minimum absolute atomic E-state index is 0.103. The van der Waals surface area contributed by atoms with E-state index in [0.717, 1.165) is 11.4 Å². The van der Waals surface area contributed by atoms with Crippen LogP contribution < -0.4 is 20.1 Å². The second-order valence-electron chi connectivity index (χ2n) is 6.45. The number of sulfonamides is 1. The Bertz CT molecular complexity index is 1200. The number of nitrogens with one attached hydrogen (secondary N) is 3. The molecule has 1 heterocycles. The van der Waals surface area contributed by atoms with Crippen LogP contribution in [0, 0.1) is 6.92 Å². The largest absolute Gasteiger partial charge is 0.492 e. The quantitative estimate of drug-likeness (QED) is 0.366. The van der Waals surface area contributed by atoms with Crippen LogP contribution >= 0.6 is 23.1 Å². The molecule has 0 aliphatic rings. The maximum absolute atomic E-state index is 12.3. The number of amides is 1. The molecule has 0 saturated heterocycles. The molecular weight excluding hydrogens is 470 g/mol. The summed E-state index contributed by atoms with van der Waals surface area (Å²) in [5.41, 5.74) is 1.78. The smallest absolute Gasteiger partial charge is 0.240 e. The van der Waals surface area contributed by atoms with Crippen molar-refractivity contribution in [3.05, 3.63) is 48.0 Å². The van der Waals surface area contributed by atoms with Crippen molar-refractivity contribution in [3.63, 3.8) is 0 Å². The Hall–Kier alpha value is -2.67. The summed E-state index contributed by atoms with van der Waals surface area (Å²) in [6, 6.07) is 12.3. The Labute approximate surface area is 195 Å². The second kappa shape index (κ2) is 10.8. The zero-order chi connectivity index (χ0) is 23.1. The fourth-order valence-corrected chi connectivity index (χ4v) is 5.24. The third kappa shape index (κ3) is 6.19. The van der Waals surface area contributed by atoms with E-state index in [1.165, 1.54) is 36.2 Å². The van der Waals surface area contributed by atoms with Gasteiger partial charge < -0.3 is 15.4 Å². The second-order valence-corrected chi connectivity index (χ2v) is 10.5. The highest BCUT2D eigenvalue weighted by atomic mass is 32.2. The van der Waals surface area contributed by atoms with Gasteiger partial charge in [-0.2, -0.15) is 0 Å². The highest BCUT2D eigenvalue weighted by molar-refractivity contribution is 8.01. The Morgan fingerprint density at radius 2 is 1.97 bits per heavy atom. The molecule has 3 N–H and O–H groups in total. The van der Waals surface area contributed by atoms with Crippen LogP contribution in [0.25, 0.3) is 0 Å². The van der Waals surface area contributed by atoms with Gasteiger partial charge in [-0.15, -0.1) is 10.2 Å². The standard InChI is InChI=1S/C20H23N5O4S3/c1-4-29-16-8-6-5-7-15(16)23-19-24-25-20(31-19)30-12-18(26)22-14-10-9-13(2)17(11-14)32(27,28)21-3/h5-11,21H,4,12H2,1-3H3,(H,22,26)(H,23,24). The highest BCUT2D eigenvalue weighted by Crippen LogP contribution is 2.31. The van der Waals surface area contributed by atoms with Gasteiger partial charge >= 0.3 is 0 Å². The first-order valence-electron chi connectivity index (χ1n) is 9.61. The molecule has 170 valence electrons. The first-order valence-corrected chi connectivity index (χ1v) is 12.9. The van der Waals surface area contributed by atoms with E-state index in [4.69, 9.17) is 4.74 Å². The molecule has 1 aromatic heterocycles. The summed E-state index contributed by atoms with van der Waals surface area (Å²) in [6.07, 6.45) is 0. The number of anilines is 3. The van der Waals surface area contributed by atoms with Crippen LogP contribution in [0.3, 0.4) is 0 Å².